The summed E-state index contributed by atoms with van der Waals surface area (Å²) < 4.78 is 0. The van der Waals surface area contributed by atoms with Crippen molar-refractivity contribution in [3.05, 3.63) is 0 Å². The largest absolute Gasteiger partial charge is 0.480 e. The molecular weight excluding hydrogens is 330 g/mol. The van der Waals surface area contributed by atoms with E-state index in [1.165, 1.54) is 0 Å². The third kappa shape index (κ3) is 10.6. The van der Waals surface area contributed by atoms with Crippen LogP contribution in [0, 0.1) is 0 Å². The molecule has 0 heterocycles. The van der Waals surface area contributed by atoms with Gasteiger partial charge in [-0.3, -0.25) is 14.4 Å². The number of carbonyl (C=O) groups excluding carboxylic acids is 3. The van der Waals surface area contributed by atoms with Crippen LogP contribution in [0.25, 0.3) is 0 Å². The molecule has 0 spiro atoms. The molecule has 0 aromatic rings. The second kappa shape index (κ2) is 12.3. The van der Waals surface area contributed by atoms with Crippen molar-refractivity contribution >= 4 is 24.1 Å². The number of rotatable bonds is 9. The molecule has 0 aliphatic rings. The molecule has 0 fully saturated rings. The summed E-state index contributed by atoms with van der Waals surface area (Å²) in [5.41, 5.74) is 9.57. The first-order valence-corrected chi connectivity index (χ1v) is 6.62. The monoisotopic (exact) mass is 353 g/mol. The molecule has 0 rings (SSSR count). The maximum Gasteiger partial charge on any atom is 0.321 e. The van der Waals surface area contributed by atoms with Crippen LogP contribution in [0.4, 0.5) is 0 Å². The lowest BCUT2D eigenvalue weighted by molar-refractivity contribution is -0.140. The topological polar surface area (TPSA) is 234 Å². The molecule has 0 aromatic carbocycles. The summed E-state index contributed by atoms with van der Waals surface area (Å²) in [5, 5.41) is 46.2. The van der Waals surface area contributed by atoms with Gasteiger partial charge in [-0.15, -0.1) is 0 Å². The van der Waals surface area contributed by atoms with Gasteiger partial charge in [0.2, 0.25) is 11.8 Å². The minimum absolute atomic E-state index is 0.235. The number of aliphatic hydroxyl groups excluding tert-OH is 4. The number of carbonyl (C=O) groups is 4. The van der Waals surface area contributed by atoms with Crippen LogP contribution >= 0.6 is 0 Å². The lowest BCUT2D eigenvalue weighted by atomic mass is 10.0. The van der Waals surface area contributed by atoms with Gasteiger partial charge < -0.3 is 47.1 Å². The summed E-state index contributed by atoms with van der Waals surface area (Å²) in [4.78, 5) is 41.0. The lowest BCUT2D eigenvalue weighted by Gasteiger charge is -2.25. The summed E-state index contributed by atoms with van der Waals surface area (Å²) in [6.45, 7) is 0.377. The van der Waals surface area contributed by atoms with E-state index in [9.17, 15) is 29.4 Å². The molecule has 12 heteroatoms. The van der Waals surface area contributed by atoms with Crippen LogP contribution in [0.15, 0.2) is 0 Å². The van der Waals surface area contributed by atoms with Crippen molar-refractivity contribution in [3.8, 4) is 0 Å². The van der Waals surface area contributed by atoms with Gasteiger partial charge in [-0.2, -0.15) is 0 Å². The minimum Gasteiger partial charge on any atom is -0.480 e. The quantitative estimate of drug-likeness (QED) is 0.184. The van der Waals surface area contributed by atoms with Crippen molar-refractivity contribution in [1.29, 1.82) is 0 Å². The Morgan fingerprint density at radius 3 is 1.92 bits per heavy atom. The number of carboxylic acid groups (broad SMARTS) is 1. The number of aldehydes is 1. The number of aliphatic hydroxyl groups is 4. The number of hydrogen-bond donors (Lipinski definition) is 8. The van der Waals surface area contributed by atoms with Crippen molar-refractivity contribution < 1.29 is 44.7 Å². The van der Waals surface area contributed by atoms with Crippen LogP contribution < -0.4 is 16.8 Å². The van der Waals surface area contributed by atoms with Crippen molar-refractivity contribution in [3.63, 3.8) is 0 Å². The highest BCUT2D eigenvalue weighted by Gasteiger charge is 2.31. The number of carboxylic acids is 1. The van der Waals surface area contributed by atoms with E-state index in [2.05, 4.69) is 11.1 Å². The van der Waals surface area contributed by atoms with Crippen molar-refractivity contribution in [1.82, 2.24) is 5.32 Å². The standard InChI is InChI=1S/C8H15NO6.C4H8N2O3/c1-4(12)9-5(2-10)7(14)8(15)6(13)3-11;5-2(4(8)9)1-3(6)7/h2,5-8,11,13-15H,3H2,1H3,(H,9,12);2H,1,5H2,(H2,6,7)(H,8,9)/t5-,6+,7+,8+;2-/m00/s1. The highest BCUT2D eigenvalue weighted by atomic mass is 16.4. The van der Waals surface area contributed by atoms with Crippen LogP contribution in [0.5, 0.6) is 0 Å². The predicted octanol–water partition coefficient (Wildman–Crippen LogP) is -4.96. The van der Waals surface area contributed by atoms with E-state index in [1.54, 1.807) is 0 Å². The lowest BCUT2D eigenvalue weighted by Crippen LogP contribution is -2.53. The van der Waals surface area contributed by atoms with Crippen LogP contribution in [0.1, 0.15) is 13.3 Å². The zero-order chi connectivity index (χ0) is 19.4. The van der Waals surface area contributed by atoms with E-state index >= 15 is 0 Å². The van der Waals surface area contributed by atoms with E-state index in [-0.39, 0.29) is 12.7 Å². The SMILES string of the molecule is CC(=O)N[C@@H](C=O)[C@@H](O)[C@H](O)[C@H](O)CO.NC(=O)C[C@H](N)C(=O)O. The molecule has 2 amide bonds. The second-order valence-corrected chi connectivity index (χ2v) is 4.71. The third-order valence-electron chi connectivity index (χ3n) is 2.55. The molecule has 24 heavy (non-hydrogen) atoms. The summed E-state index contributed by atoms with van der Waals surface area (Å²) in [6.07, 6.45) is -5.03. The van der Waals surface area contributed by atoms with Gasteiger partial charge in [-0.25, -0.2) is 0 Å². The van der Waals surface area contributed by atoms with E-state index in [0.717, 1.165) is 6.92 Å². The average Bonchev–Trinajstić information content (AvgIpc) is 2.49. The Labute approximate surface area is 137 Å². The number of nitrogens with two attached hydrogens (primary N) is 2. The Bertz CT molecular complexity index is 432. The van der Waals surface area contributed by atoms with Crippen molar-refractivity contribution in [2.45, 2.75) is 43.7 Å². The van der Waals surface area contributed by atoms with Gasteiger partial charge in [0.1, 0.15) is 36.7 Å². The molecule has 0 saturated heterocycles. The van der Waals surface area contributed by atoms with E-state index < -0.39 is 54.8 Å². The molecule has 0 unspecified atom stereocenters. The number of primary amides is 1. The molecule has 5 atom stereocenters. The van der Waals surface area contributed by atoms with Gasteiger partial charge in [0.15, 0.2) is 0 Å². The smallest absolute Gasteiger partial charge is 0.321 e. The first-order valence-electron chi connectivity index (χ1n) is 6.62. The van der Waals surface area contributed by atoms with Gasteiger partial charge in [-0.1, -0.05) is 0 Å². The maximum absolute atomic E-state index is 10.6. The number of aliphatic carboxylic acids is 1. The van der Waals surface area contributed by atoms with Crippen LogP contribution in [-0.4, -0.2) is 86.6 Å². The van der Waals surface area contributed by atoms with E-state index in [4.69, 9.17) is 21.1 Å². The fourth-order valence-electron chi connectivity index (χ4n) is 1.29. The van der Waals surface area contributed by atoms with Gasteiger partial charge in [0.25, 0.3) is 0 Å². The predicted molar refractivity (Wildman–Crippen MR) is 78.2 cm³/mol. The third-order valence-corrected chi connectivity index (χ3v) is 2.55. The molecule has 140 valence electrons. The molecule has 10 N–H and O–H groups in total. The Morgan fingerprint density at radius 1 is 1.17 bits per heavy atom. The molecule has 0 aliphatic carbocycles. The number of hydrogen-bond acceptors (Lipinski definition) is 9. The maximum atomic E-state index is 10.6. The Balaban J connectivity index is 0. The molecule has 0 saturated carbocycles. The molecule has 12 nitrogen and oxygen atoms in total. The first-order chi connectivity index (χ1) is 11.0. The second-order valence-electron chi connectivity index (χ2n) is 4.71. The molecule has 0 aromatic heterocycles. The molecule has 0 aliphatic heterocycles. The fourth-order valence-corrected chi connectivity index (χ4v) is 1.29. The van der Waals surface area contributed by atoms with Crippen molar-refractivity contribution in [2.75, 3.05) is 6.61 Å². The van der Waals surface area contributed by atoms with Crippen LogP contribution in [0.2, 0.25) is 0 Å². The van der Waals surface area contributed by atoms with Gasteiger partial charge >= 0.3 is 5.97 Å². The molecule has 0 radical (unpaired) electrons. The highest BCUT2D eigenvalue weighted by Crippen LogP contribution is 2.03. The Morgan fingerprint density at radius 2 is 1.67 bits per heavy atom. The molecule has 0 bridgehead atoms. The summed E-state index contributed by atoms with van der Waals surface area (Å²) in [7, 11) is 0. The van der Waals surface area contributed by atoms with Crippen molar-refractivity contribution in [2.24, 2.45) is 11.5 Å². The van der Waals surface area contributed by atoms with Gasteiger partial charge in [0, 0.05) is 6.92 Å². The van der Waals surface area contributed by atoms with E-state index in [1.807, 2.05) is 0 Å². The zero-order valence-corrected chi connectivity index (χ0v) is 12.9. The average molecular weight is 353 g/mol. The number of nitrogens with one attached hydrogen (secondary N) is 1. The van der Waals surface area contributed by atoms with Gasteiger partial charge in [0.05, 0.1) is 13.0 Å². The highest BCUT2D eigenvalue weighted by molar-refractivity contribution is 5.83. The minimum atomic E-state index is -1.71. The summed E-state index contributed by atoms with van der Waals surface area (Å²) >= 11 is 0. The molecular formula is C12H23N3O9. The van der Waals surface area contributed by atoms with Gasteiger partial charge in [-0.05, 0) is 0 Å². The number of amides is 2. The summed E-state index contributed by atoms with van der Waals surface area (Å²) in [6, 6.07) is -2.49. The Hall–Kier alpha value is -2.12. The summed E-state index contributed by atoms with van der Waals surface area (Å²) in [5.74, 6) is -2.48. The van der Waals surface area contributed by atoms with Crippen LogP contribution in [-0.2, 0) is 19.2 Å². The Kier molecular flexibility index (Phi) is 12.4. The van der Waals surface area contributed by atoms with Crippen LogP contribution in [0.3, 0.4) is 0 Å². The first kappa shape index (κ1) is 24.1. The normalized spacial score (nSPS) is 16.4. The van der Waals surface area contributed by atoms with E-state index in [0.29, 0.717) is 0 Å². The fraction of sp³-hybridized carbons (Fsp3) is 0.667. The zero-order valence-electron chi connectivity index (χ0n) is 12.9.